The van der Waals surface area contributed by atoms with Crippen LogP contribution >= 0.6 is 11.6 Å². The van der Waals surface area contributed by atoms with Crippen molar-refractivity contribution in [1.82, 2.24) is 0 Å². The predicted octanol–water partition coefficient (Wildman–Crippen LogP) is 1.43. The molecule has 0 fully saturated rings. The highest BCUT2D eigenvalue weighted by atomic mass is 35.5. The van der Waals surface area contributed by atoms with Crippen LogP contribution in [-0.4, -0.2) is 6.54 Å². The molecule has 2 nitrogen and oxygen atoms in total. The van der Waals surface area contributed by atoms with Crippen LogP contribution in [-0.2, 0) is 6.42 Å². The minimum atomic E-state index is 0.601. The van der Waals surface area contributed by atoms with E-state index in [0.29, 0.717) is 11.6 Å². The summed E-state index contributed by atoms with van der Waals surface area (Å²) in [4.78, 5) is 0. The molecule has 1 aromatic heterocycles. The number of hydrogen-bond acceptors (Lipinski definition) is 2. The van der Waals surface area contributed by atoms with Gasteiger partial charge in [0, 0.05) is 6.42 Å². The minimum absolute atomic E-state index is 0.601. The molecule has 9 heavy (non-hydrogen) atoms. The van der Waals surface area contributed by atoms with Crippen molar-refractivity contribution in [3.8, 4) is 0 Å². The van der Waals surface area contributed by atoms with E-state index in [-0.39, 0.29) is 0 Å². The molecule has 0 aliphatic rings. The van der Waals surface area contributed by atoms with Gasteiger partial charge in [-0.3, -0.25) is 0 Å². The monoisotopic (exact) mass is 145 g/mol. The van der Waals surface area contributed by atoms with Crippen LogP contribution < -0.4 is 5.73 Å². The van der Waals surface area contributed by atoms with Crippen LogP contribution in [0.25, 0.3) is 0 Å². The molecule has 0 saturated heterocycles. The Morgan fingerprint density at radius 2 is 2.44 bits per heavy atom. The van der Waals surface area contributed by atoms with Gasteiger partial charge in [-0.05, 0) is 12.6 Å². The van der Waals surface area contributed by atoms with Crippen LogP contribution in [0.2, 0.25) is 5.02 Å². The zero-order valence-electron chi connectivity index (χ0n) is 4.93. The quantitative estimate of drug-likeness (QED) is 0.684. The lowest BCUT2D eigenvalue weighted by molar-refractivity contribution is 0.511. The molecule has 0 radical (unpaired) electrons. The molecular formula is C6H8ClNO. The molecule has 0 bridgehead atoms. The van der Waals surface area contributed by atoms with E-state index in [0.717, 1.165) is 12.2 Å². The summed E-state index contributed by atoms with van der Waals surface area (Å²) in [6.45, 7) is 0.601. The molecule has 0 aliphatic heterocycles. The molecule has 0 saturated carbocycles. The first-order valence-electron chi connectivity index (χ1n) is 2.76. The number of hydrogen-bond donors (Lipinski definition) is 1. The Balaban J connectivity index is 2.61. The summed E-state index contributed by atoms with van der Waals surface area (Å²) in [5, 5.41) is 0.637. The van der Waals surface area contributed by atoms with Gasteiger partial charge in [-0.1, -0.05) is 11.6 Å². The molecule has 2 N–H and O–H groups in total. The van der Waals surface area contributed by atoms with Crippen molar-refractivity contribution >= 4 is 11.6 Å². The molecular weight excluding hydrogens is 138 g/mol. The molecule has 0 spiro atoms. The second kappa shape index (κ2) is 2.90. The Labute approximate surface area is 58.6 Å². The van der Waals surface area contributed by atoms with E-state index in [2.05, 4.69) is 0 Å². The lowest BCUT2D eigenvalue weighted by atomic mass is 10.3. The molecule has 50 valence electrons. The topological polar surface area (TPSA) is 39.2 Å². The lowest BCUT2D eigenvalue weighted by Crippen LogP contribution is -2.01. The van der Waals surface area contributed by atoms with Gasteiger partial charge < -0.3 is 10.2 Å². The smallest absolute Gasteiger partial charge is 0.109 e. The highest BCUT2D eigenvalue weighted by Crippen LogP contribution is 2.12. The number of furan rings is 1. The van der Waals surface area contributed by atoms with E-state index in [1.165, 1.54) is 6.26 Å². The molecule has 0 aromatic carbocycles. The van der Waals surface area contributed by atoms with Crippen LogP contribution in [0.15, 0.2) is 16.7 Å². The Morgan fingerprint density at radius 1 is 1.67 bits per heavy atom. The minimum Gasteiger partial charge on any atom is -0.468 e. The first-order chi connectivity index (χ1) is 4.33. The Hall–Kier alpha value is -0.470. The van der Waals surface area contributed by atoms with Crippen LogP contribution in [0, 0.1) is 0 Å². The summed E-state index contributed by atoms with van der Waals surface area (Å²) in [5.41, 5.74) is 5.27. The highest BCUT2D eigenvalue weighted by Gasteiger charge is 1.95. The Bertz CT molecular complexity index is 185. The fourth-order valence-electron chi connectivity index (χ4n) is 0.627. The molecule has 0 atom stereocenters. The number of rotatable bonds is 2. The third-order valence-electron chi connectivity index (χ3n) is 1.01. The zero-order chi connectivity index (χ0) is 6.69. The molecule has 3 heteroatoms. The van der Waals surface area contributed by atoms with Crippen molar-refractivity contribution < 1.29 is 4.42 Å². The highest BCUT2D eigenvalue weighted by molar-refractivity contribution is 6.30. The Morgan fingerprint density at radius 3 is 2.89 bits per heavy atom. The summed E-state index contributed by atoms with van der Waals surface area (Å²) >= 11 is 5.56. The van der Waals surface area contributed by atoms with Crippen LogP contribution in [0.5, 0.6) is 0 Å². The van der Waals surface area contributed by atoms with E-state index >= 15 is 0 Å². The van der Waals surface area contributed by atoms with Crippen molar-refractivity contribution in [3.63, 3.8) is 0 Å². The van der Waals surface area contributed by atoms with Gasteiger partial charge in [0.1, 0.15) is 12.0 Å². The van der Waals surface area contributed by atoms with Gasteiger partial charge in [-0.25, -0.2) is 0 Å². The summed E-state index contributed by atoms with van der Waals surface area (Å²) in [5.74, 6) is 0.850. The second-order valence-corrected chi connectivity index (χ2v) is 2.21. The fourth-order valence-corrected chi connectivity index (χ4v) is 0.793. The Kier molecular flexibility index (Phi) is 2.14. The maximum absolute atomic E-state index is 5.56. The number of nitrogens with two attached hydrogens (primary N) is 1. The van der Waals surface area contributed by atoms with Crippen molar-refractivity contribution in [1.29, 1.82) is 0 Å². The third-order valence-corrected chi connectivity index (χ3v) is 1.21. The average Bonchev–Trinajstić information content (AvgIpc) is 2.17. The molecule has 1 rings (SSSR count). The summed E-state index contributed by atoms with van der Waals surface area (Å²) < 4.78 is 4.99. The largest absolute Gasteiger partial charge is 0.468 e. The van der Waals surface area contributed by atoms with E-state index in [1.54, 1.807) is 6.07 Å². The van der Waals surface area contributed by atoms with Crippen molar-refractivity contribution in [2.75, 3.05) is 6.54 Å². The van der Waals surface area contributed by atoms with Gasteiger partial charge in [-0.15, -0.1) is 0 Å². The SMILES string of the molecule is NCCc1cc(Cl)co1. The molecule has 1 heterocycles. The normalized spacial score (nSPS) is 10.0. The van der Waals surface area contributed by atoms with Gasteiger partial charge in [0.05, 0.1) is 5.02 Å². The van der Waals surface area contributed by atoms with Gasteiger partial charge >= 0.3 is 0 Å². The predicted molar refractivity (Wildman–Crippen MR) is 36.5 cm³/mol. The van der Waals surface area contributed by atoms with E-state index < -0.39 is 0 Å². The van der Waals surface area contributed by atoms with Crippen LogP contribution in [0.1, 0.15) is 5.76 Å². The molecule has 0 aliphatic carbocycles. The van der Waals surface area contributed by atoms with Gasteiger partial charge in [0.25, 0.3) is 0 Å². The van der Waals surface area contributed by atoms with Gasteiger partial charge in [0.2, 0.25) is 0 Å². The van der Waals surface area contributed by atoms with Gasteiger partial charge in [-0.2, -0.15) is 0 Å². The third kappa shape index (κ3) is 1.73. The van der Waals surface area contributed by atoms with Crippen molar-refractivity contribution in [2.24, 2.45) is 5.73 Å². The maximum Gasteiger partial charge on any atom is 0.109 e. The molecule has 1 aromatic rings. The molecule has 0 unspecified atom stereocenters. The van der Waals surface area contributed by atoms with Crippen LogP contribution in [0.3, 0.4) is 0 Å². The molecule has 0 amide bonds. The number of halogens is 1. The first kappa shape index (κ1) is 6.65. The summed E-state index contributed by atoms with van der Waals surface area (Å²) in [6, 6.07) is 1.77. The van der Waals surface area contributed by atoms with Crippen LogP contribution in [0.4, 0.5) is 0 Å². The van der Waals surface area contributed by atoms with E-state index in [9.17, 15) is 0 Å². The van der Waals surface area contributed by atoms with E-state index in [1.807, 2.05) is 0 Å². The zero-order valence-corrected chi connectivity index (χ0v) is 5.69. The standard InChI is InChI=1S/C6H8ClNO/c7-5-3-6(1-2-8)9-4-5/h3-4H,1-2,8H2. The van der Waals surface area contributed by atoms with Crippen molar-refractivity contribution in [3.05, 3.63) is 23.1 Å². The maximum atomic E-state index is 5.56. The second-order valence-electron chi connectivity index (χ2n) is 1.77. The summed E-state index contributed by atoms with van der Waals surface area (Å²) in [6.07, 6.45) is 2.26. The lowest BCUT2D eigenvalue weighted by Gasteiger charge is -1.86. The average molecular weight is 146 g/mol. The van der Waals surface area contributed by atoms with Crippen molar-refractivity contribution in [2.45, 2.75) is 6.42 Å². The van der Waals surface area contributed by atoms with Gasteiger partial charge in [0.15, 0.2) is 0 Å². The first-order valence-corrected chi connectivity index (χ1v) is 3.13. The summed E-state index contributed by atoms with van der Waals surface area (Å²) in [7, 11) is 0. The van der Waals surface area contributed by atoms with E-state index in [4.69, 9.17) is 21.8 Å². The fraction of sp³-hybridized carbons (Fsp3) is 0.333.